The highest BCUT2D eigenvalue weighted by Crippen LogP contribution is 2.29. The van der Waals surface area contributed by atoms with Crippen LogP contribution in [0.1, 0.15) is 11.3 Å². The zero-order valence-corrected chi connectivity index (χ0v) is 14.4. The average Bonchev–Trinajstić information content (AvgIpc) is 2.59. The van der Waals surface area contributed by atoms with Crippen molar-refractivity contribution in [2.45, 2.75) is 13.5 Å². The van der Waals surface area contributed by atoms with Crippen LogP contribution < -0.4 is 5.32 Å². The predicted molar refractivity (Wildman–Crippen MR) is 97.9 cm³/mol. The molecule has 2 N–H and O–H groups in total. The summed E-state index contributed by atoms with van der Waals surface area (Å²) in [5.74, 6) is 1.13. The zero-order valence-electron chi connectivity index (χ0n) is 12.9. The van der Waals surface area contributed by atoms with Crippen LogP contribution in [0.3, 0.4) is 0 Å². The van der Waals surface area contributed by atoms with Gasteiger partial charge >= 0.3 is 0 Å². The summed E-state index contributed by atoms with van der Waals surface area (Å²) in [4.78, 5) is 9.05. The van der Waals surface area contributed by atoms with Crippen LogP contribution in [-0.4, -0.2) is 15.1 Å². The topological polar surface area (TPSA) is 58.0 Å². The number of aliphatic hydroxyl groups is 1. The lowest BCUT2D eigenvalue weighted by molar-refractivity contribution is 0.281. The van der Waals surface area contributed by atoms with E-state index in [0.29, 0.717) is 32.9 Å². The fourth-order valence-corrected chi connectivity index (χ4v) is 2.61. The maximum Gasteiger partial charge on any atom is 0.161 e. The number of aromatic nitrogens is 2. The minimum Gasteiger partial charge on any atom is -0.391 e. The van der Waals surface area contributed by atoms with E-state index in [1.54, 1.807) is 18.2 Å². The molecule has 0 saturated carbocycles. The standard InChI is InChI=1S/C18H15Cl2N3O/c1-11-14(10-24)18(22-13-7-8-15(19)16(20)9-13)23-17(21-11)12-5-3-2-4-6-12/h2-9,24H,10H2,1H3,(H,21,22,23). The van der Waals surface area contributed by atoms with E-state index in [0.717, 1.165) is 11.3 Å². The lowest BCUT2D eigenvalue weighted by atomic mass is 10.1. The molecule has 0 amide bonds. The Labute approximate surface area is 150 Å². The normalized spacial score (nSPS) is 10.7. The van der Waals surface area contributed by atoms with Crippen molar-refractivity contribution >= 4 is 34.7 Å². The quantitative estimate of drug-likeness (QED) is 0.688. The molecule has 0 aliphatic heterocycles. The van der Waals surface area contributed by atoms with E-state index < -0.39 is 0 Å². The van der Waals surface area contributed by atoms with E-state index in [4.69, 9.17) is 23.2 Å². The van der Waals surface area contributed by atoms with E-state index in [1.807, 2.05) is 37.3 Å². The summed E-state index contributed by atoms with van der Waals surface area (Å²) in [5, 5.41) is 13.8. The second-order valence-electron chi connectivity index (χ2n) is 5.24. The van der Waals surface area contributed by atoms with Crippen molar-refractivity contribution in [2.24, 2.45) is 0 Å². The monoisotopic (exact) mass is 359 g/mol. The number of aliphatic hydroxyl groups excluding tert-OH is 1. The lowest BCUT2D eigenvalue weighted by Crippen LogP contribution is -2.06. The van der Waals surface area contributed by atoms with E-state index in [9.17, 15) is 5.11 Å². The summed E-state index contributed by atoms with van der Waals surface area (Å²) in [7, 11) is 0. The molecule has 3 aromatic rings. The molecule has 0 unspecified atom stereocenters. The molecule has 0 aliphatic carbocycles. The Morgan fingerprint density at radius 3 is 2.42 bits per heavy atom. The first-order chi connectivity index (χ1) is 11.6. The Kier molecular flexibility index (Phi) is 5.00. The zero-order chi connectivity index (χ0) is 17.1. The molecule has 6 heteroatoms. The van der Waals surface area contributed by atoms with Gasteiger partial charge < -0.3 is 10.4 Å². The first-order valence-electron chi connectivity index (χ1n) is 7.34. The number of benzene rings is 2. The number of aryl methyl sites for hydroxylation is 1. The van der Waals surface area contributed by atoms with Crippen LogP contribution in [0, 0.1) is 6.92 Å². The fourth-order valence-electron chi connectivity index (χ4n) is 2.32. The van der Waals surface area contributed by atoms with Gasteiger partial charge in [0.05, 0.1) is 16.7 Å². The molecule has 1 aromatic heterocycles. The third kappa shape index (κ3) is 3.51. The Morgan fingerprint density at radius 1 is 1.00 bits per heavy atom. The summed E-state index contributed by atoms with van der Waals surface area (Å²) in [6, 6.07) is 14.9. The second kappa shape index (κ2) is 7.18. The summed E-state index contributed by atoms with van der Waals surface area (Å²) in [5.41, 5.74) is 2.99. The first kappa shape index (κ1) is 16.7. The molecule has 3 rings (SSSR count). The first-order valence-corrected chi connectivity index (χ1v) is 8.10. The third-order valence-electron chi connectivity index (χ3n) is 3.59. The van der Waals surface area contributed by atoms with Crippen molar-refractivity contribution in [1.29, 1.82) is 0 Å². The van der Waals surface area contributed by atoms with Gasteiger partial charge in [-0.05, 0) is 25.1 Å². The van der Waals surface area contributed by atoms with Crippen LogP contribution in [0.25, 0.3) is 11.4 Å². The van der Waals surface area contributed by atoms with Gasteiger partial charge in [0.1, 0.15) is 5.82 Å². The van der Waals surface area contributed by atoms with Gasteiger partial charge in [-0.15, -0.1) is 0 Å². The highest BCUT2D eigenvalue weighted by atomic mass is 35.5. The van der Waals surface area contributed by atoms with E-state index in [-0.39, 0.29) is 6.61 Å². The van der Waals surface area contributed by atoms with Gasteiger partial charge in [0.2, 0.25) is 0 Å². The smallest absolute Gasteiger partial charge is 0.161 e. The van der Waals surface area contributed by atoms with Crippen LogP contribution in [-0.2, 0) is 6.61 Å². The van der Waals surface area contributed by atoms with E-state index >= 15 is 0 Å². The largest absolute Gasteiger partial charge is 0.391 e. The van der Waals surface area contributed by atoms with Crippen molar-refractivity contribution in [2.75, 3.05) is 5.32 Å². The number of halogens is 2. The molecule has 2 aromatic carbocycles. The highest BCUT2D eigenvalue weighted by Gasteiger charge is 2.13. The van der Waals surface area contributed by atoms with Crippen molar-refractivity contribution in [3.63, 3.8) is 0 Å². The Hall–Kier alpha value is -2.14. The Bertz CT molecular complexity index is 870. The van der Waals surface area contributed by atoms with Gasteiger partial charge in [-0.25, -0.2) is 9.97 Å². The molecule has 0 radical (unpaired) electrons. The molecule has 0 spiro atoms. The fraction of sp³-hybridized carbons (Fsp3) is 0.111. The number of hydrogen-bond acceptors (Lipinski definition) is 4. The molecule has 4 nitrogen and oxygen atoms in total. The number of nitrogens with zero attached hydrogens (tertiary/aromatic N) is 2. The minimum absolute atomic E-state index is 0.162. The third-order valence-corrected chi connectivity index (χ3v) is 4.33. The lowest BCUT2D eigenvalue weighted by Gasteiger charge is -2.14. The average molecular weight is 360 g/mol. The van der Waals surface area contributed by atoms with Crippen molar-refractivity contribution in [3.8, 4) is 11.4 Å². The van der Waals surface area contributed by atoms with Gasteiger partial charge in [-0.1, -0.05) is 53.5 Å². The summed E-state index contributed by atoms with van der Waals surface area (Å²) < 4.78 is 0. The van der Waals surface area contributed by atoms with Crippen LogP contribution >= 0.6 is 23.2 Å². The summed E-state index contributed by atoms with van der Waals surface area (Å²) >= 11 is 12.0. The molecule has 0 atom stereocenters. The maximum absolute atomic E-state index is 9.67. The van der Waals surface area contributed by atoms with Crippen molar-refractivity contribution < 1.29 is 5.11 Å². The van der Waals surface area contributed by atoms with Gasteiger partial charge in [-0.3, -0.25) is 0 Å². The van der Waals surface area contributed by atoms with Gasteiger partial charge in [0, 0.05) is 22.5 Å². The minimum atomic E-state index is -0.162. The summed E-state index contributed by atoms with van der Waals surface area (Å²) in [6.07, 6.45) is 0. The van der Waals surface area contributed by atoms with Crippen LogP contribution in [0.2, 0.25) is 10.0 Å². The van der Waals surface area contributed by atoms with Crippen LogP contribution in [0.4, 0.5) is 11.5 Å². The molecule has 0 bridgehead atoms. The number of nitrogens with one attached hydrogen (secondary N) is 1. The van der Waals surface area contributed by atoms with Crippen LogP contribution in [0.5, 0.6) is 0 Å². The molecule has 24 heavy (non-hydrogen) atoms. The molecular formula is C18H15Cl2N3O. The Balaban J connectivity index is 2.04. The number of rotatable bonds is 4. The van der Waals surface area contributed by atoms with E-state index in [1.165, 1.54) is 0 Å². The number of hydrogen-bond donors (Lipinski definition) is 2. The molecule has 0 saturated heterocycles. The van der Waals surface area contributed by atoms with Gasteiger partial charge in [0.25, 0.3) is 0 Å². The van der Waals surface area contributed by atoms with Gasteiger partial charge in [0.15, 0.2) is 5.82 Å². The van der Waals surface area contributed by atoms with E-state index in [2.05, 4.69) is 15.3 Å². The van der Waals surface area contributed by atoms with Crippen LogP contribution in [0.15, 0.2) is 48.5 Å². The second-order valence-corrected chi connectivity index (χ2v) is 6.05. The van der Waals surface area contributed by atoms with Gasteiger partial charge in [-0.2, -0.15) is 0 Å². The van der Waals surface area contributed by atoms with Crippen molar-refractivity contribution in [1.82, 2.24) is 9.97 Å². The SMILES string of the molecule is Cc1nc(-c2ccccc2)nc(Nc2ccc(Cl)c(Cl)c2)c1CO. The molecule has 122 valence electrons. The van der Waals surface area contributed by atoms with Crippen molar-refractivity contribution in [3.05, 3.63) is 69.8 Å². The maximum atomic E-state index is 9.67. The summed E-state index contributed by atoms with van der Waals surface area (Å²) in [6.45, 7) is 1.68. The molecule has 1 heterocycles. The predicted octanol–water partition coefficient (Wildman–Crippen LogP) is 4.99. The molecule has 0 fully saturated rings. The number of anilines is 2. The molecular weight excluding hydrogens is 345 g/mol. The molecule has 0 aliphatic rings. The Morgan fingerprint density at radius 2 is 1.75 bits per heavy atom. The highest BCUT2D eigenvalue weighted by molar-refractivity contribution is 6.42.